The first-order chi connectivity index (χ1) is 9.00. The molecule has 1 saturated heterocycles. The molecule has 0 spiro atoms. The van der Waals surface area contributed by atoms with Crippen LogP contribution >= 0.6 is 0 Å². The van der Waals surface area contributed by atoms with E-state index in [0.29, 0.717) is 24.6 Å². The lowest BCUT2D eigenvalue weighted by molar-refractivity contribution is -0.147. The number of carbonyl (C=O) groups is 1. The second-order valence-corrected chi connectivity index (χ2v) is 6.01. The molecule has 1 aliphatic carbocycles. The minimum atomic E-state index is -0.781. The standard InChI is InChI=1S/C14H26N2O3/c1-10-8-12(18-2)5-7-16(10)11-4-6-14(15,9-11)13(17)19-3/h10-12H,4-9,15H2,1-3H3. The van der Waals surface area contributed by atoms with Crippen molar-refractivity contribution in [1.29, 1.82) is 0 Å². The first-order valence-electron chi connectivity index (χ1n) is 7.16. The second-order valence-electron chi connectivity index (χ2n) is 6.01. The number of piperidine rings is 1. The Balaban J connectivity index is 1.96. The SMILES string of the molecule is COC(=O)C1(N)CCC(N2CCC(OC)CC2C)C1. The van der Waals surface area contributed by atoms with Gasteiger partial charge in [0.2, 0.25) is 0 Å². The van der Waals surface area contributed by atoms with Gasteiger partial charge in [0.25, 0.3) is 0 Å². The molecule has 1 heterocycles. The van der Waals surface area contributed by atoms with Crippen molar-refractivity contribution < 1.29 is 14.3 Å². The Hall–Kier alpha value is -0.650. The molecule has 110 valence electrons. The van der Waals surface area contributed by atoms with Crippen molar-refractivity contribution in [2.45, 2.75) is 62.8 Å². The summed E-state index contributed by atoms with van der Waals surface area (Å²) in [6.07, 6.45) is 4.91. The highest BCUT2D eigenvalue weighted by Gasteiger charge is 2.46. The van der Waals surface area contributed by atoms with Crippen LogP contribution in [-0.2, 0) is 14.3 Å². The van der Waals surface area contributed by atoms with Crippen molar-refractivity contribution in [2.75, 3.05) is 20.8 Å². The third-order valence-corrected chi connectivity index (χ3v) is 4.80. The quantitative estimate of drug-likeness (QED) is 0.772. The molecular weight excluding hydrogens is 244 g/mol. The van der Waals surface area contributed by atoms with Gasteiger partial charge in [0.15, 0.2) is 0 Å². The average Bonchev–Trinajstić information content (AvgIpc) is 2.81. The molecule has 1 aliphatic heterocycles. The number of ether oxygens (including phenoxy) is 2. The zero-order chi connectivity index (χ0) is 14.0. The second kappa shape index (κ2) is 5.77. The Labute approximate surface area is 115 Å². The molecule has 0 amide bonds. The molecule has 4 unspecified atom stereocenters. The number of methoxy groups -OCH3 is 2. The maximum atomic E-state index is 11.8. The fourth-order valence-corrected chi connectivity index (χ4v) is 3.62. The Kier molecular flexibility index (Phi) is 4.48. The van der Waals surface area contributed by atoms with E-state index >= 15 is 0 Å². The molecule has 2 rings (SSSR count). The number of carbonyl (C=O) groups excluding carboxylic acids is 1. The maximum absolute atomic E-state index is 11.8. The highest BCUT2D eigenvalue weighted by atomic mass is 16.5. The molecule has 19 heavy (non-hydrogen) atoms. The third kappa shape index (κ3) is 2.93. The molecule has 4 atom stereocenters. The Bertz CT molecular complexity index is 337. The van der Waals surface area contributed by atoms with Crippen LogP contribution in [0.1, 0.15) is 39.0 Å². The topological polar surface area (TPSA) is 64.8 Å². The summed E-state index contributed by atoms with van der Waals surface area (Å²) >= 11 is 0. The van der Waals surface area contributed by atoms with Gasteiger partial charge in [-0.15, -0.1) is 0 Å². The molecule has 1 saturated carbocycles. The molecular formula is C14H26N2O3. The average molecular weight is 270 g/mol. The molecule has 0 aromatic carbocycles. The van der Waals surface area contributed by atoms with E-state index in [1.54, 1.807) is 7.11 Å². The lowest BCUT2D eigenvalue weighted by Gasteiger charge is -2.41. The lowest BCUT2D eigenvalue weighted by Crippen LogP contribution is -2.51. The van der Waals surface area contributed by atoms with Gasteiger partial charge in [-0.1, -0.05) is 0 Å². The van der Waals surface area contributed by atoms with Crippen LogP contribution in [0.4, 0.5) is 0 Å². The largest absolute Gasteiger partial charge is 0.468 e. The van der Waals surface area contributed by atoms with Gasteiger partial charge < -0.3 is 15.2 Å². The summed E-state index contributed by atoms with van der Waals surface area (Å²) in [5.41, 5.74) is 5.40. The number of rotatable bonds is 3. The highest BCUT2D eigenvalue weighted by Crippen LogP contribution is 2.35. The smallest absolute Gasteiger partial charge is 0.325 e. The van der Waals surface area contributed by atoms with Crippen LogP contribution in [0.5, 0.6) is 0 Å². The first-order valence-corrected chi connectivity index (χ1v) is 7.16. The molecule has 5 heteroatoms. The van der Waals surface area contributed by atoms with E-state index in [0.717, 1.165) is 32.2 Å². The fraction of sp³-hybridized carbons (Fsp3) is 0.929. The van der Waals surface area contributed by atoms with Crippen LogP contribution in [0.15, 0.2) is 0 Å². The predicted molar refractivity (Wildman–Crippen MR) is 72.8 cm³/mol. The normalized spacial score (nSPS) is 40.3. The van der Waals surface area contributed by atoms with Crippen molar-refractivity contribution in [1.82, 2.24) is 4.90 Å². The van der Waals surface area contributed by atoms with Gasteiger partial charge >= 0.3 is 5.97 Å². The summed E-state index contributed by atoms with van der Waals surface area (Å²) in [6, 6.07) is 0.889. The highest BCUT2D eigenvalue weighted by molar-refractivity contribution is 5.81. The van der Waals surface area contributed by atoms with Crippen LogP contribution in [0.3, 0.4) is 0 Å². The molecule has 2 fully saturated rings. The summed E-state index contributed by atoms with van der Waals surface area (Å²) in [6.45, 7) is 3.27. The maximum Gasteiger partial charge on any atom is 0.325 e. The van der Waals surface area contributed by atoms with Crippen LogP contribution in [0.2, 0.25) is 0 Å². The van der Waals surface area contributed by atoms with Gasteiger partial charge in [0, 0.05) is 25.7 Å². The molecule has 2 N–H and O–H groups in total. The summed E-state index contributed by atoms with van der Waals surface area (Å²) in [4.78, 5) is 14.3. The summed E-state index contributed by atoms with van der Waals surface area (Å²) in [7, 11) is 3.20. The van der Waals surface area contributed by atoms with Gasteiger partial charge in [-0.25, -0.2) is 0 Å². The van der Waals surface area contributed by atoms with Gasteiger partial charge in [-0.05, 0) is 39.0 Å². The molecule has 0 bridgehead atoms. The van der Waals surface area contributed by atoms with E-state index in [1.807, 2.05) is 0 Å². The number of hydrogen-bond donors (Lipinski definition) is 1. The molecule has 0 aromatic heterocycles. The lowest BCUT2D eigenvalue weighted by atomic mass is 9.95. The monoisotopic (exact) mass is 270 g/mol. The number of nitrogens with zero attached hydrogens (tertiary/aromatic N) is 1. The predicted octanol–water partition coefficient (Wildman–Crippen LogP) is 0.909. The molecule has 5 nitrogen and oxygen atoms in total. The number of likely N-dealkylation sites (tertiary alicyclic amines) is 1. The molecule has 0 aromatic rings. The van der Waals surface area contributed by atoms with Gasteiger partial charge in [0.05, 0.1) is 13.2 Å². The molecule has 0 radical (unpaired) electrons. The first kappa shape index (κ1) is 14.8. The van der Waals surface area contributed by atoms with Crippen LogP contribution in [0, 0.1) is 0 Å². The minimum absolute atomic E-state index is 0.269. The Morgan fingerprint density at radius 3 is 2.68 bits per heavy atom. The van der Waals surface area contributed by atoms with E-state index in [-0.39, 0.29) is 5.97 Å². The fourth-order valence-electron chi connectivity index (χ4n) is 3.62. The van der Waals surface area contributed by atoms with Crippen molar-refractivity contribution in [3.63, 3.8) is 0 Å². The van der Waals surface area contributed by atoms with Gasteiger partial charge in [0.1, 0.15) is 5.54 Å². The number of nitrogens with two attached hydrogens (primary N) is 1. The van der Waals surface area contributed by atoms with Crippen molar-refractivity contribution >= 4 is 5.97 Å². The van der Waals surface area contributed by atoms with Crippen LogP contribution in [-0.4, -0.2) is 55.4 Å². The summed E-state index contributed by atoms with van der Waals surface area (Å²) in [5.74, 6) is -0.269. The van der Waals surface area contributed by atoms with E-state index < -0.39 is 5.54 Å². The third-order valence-electron chi connectivity index (χ3n) is 4.80. The van der Waals surface area contributed by atoms with Gasteiger partial charge in [-0.3, -0.25) is 9.69 Å². The van der Waals surface area contributed by atoms with E-state index in [4.69, 9.17) is 15.2 Å². The van der Waals surface area contributed by atoms with E-state index in [9.17, 15) is 4.79 Å². The Morgan fingerprint density at radius 1 is 1.37 bits per heavy atom. The number of hydrogen-bond acceptors (Lipinski definition) is 5. The minimum Gasteiger partial charge on any atom is -0.468 e. The zero-order valence-corrected chi connectivity index (χ0v) is 12.2. The van der Waals surface area contributed by atoms with Gasteiger partial charge in [-0.2, -0.15) is 0 Å². The van der Waals surface area contributed by atoms with Crippen LogP contribution < -0.4 is 5.73 Å². The van der Waals surface area contributed by atoms with Crippen molar-refractivity contribution in [3.05, 3.63) is 0 Å². The Morgan fingerprint density at radius 2 is 2.11 bits per heavy atom. The number of esters is 1. The van der Waals surface area contributed by atoms with Crippen LogP contribution in [0.25, 0.3) is 0 Å². The molecule has 2 aliphatic rings. The summed E-state index contributed by atoms with van der Waals surface area (Å²) in [5, 5.41) is 0. The van der Waals surface area contributed by atoms with E-state index in [2.05, 4.69) is 11.8 Å². The van der Waals surface area contributed by atoms with Crippen molar-refractivity contribution in [2.24, 2.45) is 5.73 Å². The zero-order valence-electron chi connectivity index (χ0n) is 12.2. The summed E-state index contributed by atoms with van der Waals surface area (Å²) < 4.78 is 10.3. The van der Waals surface area contributed by atoms with E-state index in [1.165, 1.54) is 7.11 Å². The van der Waals surface area contributed by atoms with Crippen molar-refractivity contribution in [3.8, 4) is 0 Å².